The Bertz CT molecular complexity index is 569. The molecule has 0 spiro atoms. The molecule has 0 aliphatic rings. The highest BCUT2D eigenvalue weighted by Gasteiger charge is 2.05. The highest BCUT2D eigenvalue weighted by Crippen LogP contribution is 2.25. The van der Waals surface area contributed by atoms with Crippen LogP contribution in [0.3, 0.4) is 0 Å². The van der Waals surface area contributed by atoms with Gasteiger partial charge in [0.1, 0.15) is 12.4 Å². The predicted molar refractivity (Wildman–Crippen MR) is 91.8 cm³/mol. The maximum Gasteiger partial charge on any atom is 0.133 e. The van der Waals surface area contributed by atoms with E-state index in [-0.39, 0.29) is 0 Å². The standard InChI is InChI=1S/C18H22BrNO/c1-14(2)20-12-11-15-7-3-4-8-16(15)13-21-18-10-6-5-9-17(18)19/h3-10,14,20H,11-13H2,1-2H3. The molecule has 0 aliphatic carbocycles. The fourth-order valence-corrected chi connectivity index (χ4v) is 2.55. The first-order chi connectivity index (χ1) is 10.2. The van der Waals surface area contributed by atoms with Crippen molar-refractivity contribution in [2.75, 3.05) is 6.54 Å². The van der Waals surface area contributed by atoms with E-state index in [0.717, 1.165) is 23.2 Å². The molecule has 0 amide bonds. The molecule has 0 saturated carbocycles. The van der Waals surface area contributed by atoms with E-state index in [9.17, 15) is 0 Å². The molecule has 112 valence electrons. The highest BCUT2D eigenvalue weighted by atomic mass is 79.9. The van der Waals surface area contributed by atoms with Gasteiger partial charge in [-0.05, 0) is 52.2 Å². The minimum absolute atomic E-state index is 0.522. The molecule has 0 saturated heterocycles. The van der Waals surface area contributed by atoms with Crippen LogP contribution in [0.1, 0.15) is 25.0 Å². The van der Waals surface area contributed by atoms with Crippen LogP contribution in [-0.2, 0) is 13.0 Å². The maximum atomic E-state index is 5.92. The Morgan fingerprint density at radius 3 is 2.38 bits per heavy atom. The van der Waals surface area contributed by atoms with Crippen LogP contribution < -0.4 is 10.1 Å². The molecule has 3 heteroatoms. The minimum Gasteiger partial charge on any atom is -0.488 e. The lowest BCUT2D eigenvalue weighted by molar-refractivity contribution is 0.303. The van der Waals surface area contributed by atoms with Gasteiger partial charge >= 0.3 is 0 Å². The van der Waals surface area contributed by atoms with Crippen molar-refractivity contribution in [3.63, 3.8) is 0 Å². The van der Waals surface area contributed by atoms with Crippen LogP contribution in [0.2, 0.25) is 0 Å². The fourth-order valence-electron chi connectivity index (χ4n) is 2.15. The van der Waals surface area contributed by atoms with Crippen molar-refractivity contribution in [3.05, 3.63) is 64.1 Å². The van der Waals surface area contributed by atoms with Gasteiger partial charge in [0, 0.05) is 6.04 Å². The Kier molecular flexibility index (Phi) is 6.27. The molecule has 0 unspecified atom stereocenters. The van der Waals surface area contributed by atoms with E-state index in [0.29, 0.717) is 12.6 Å². The summed E-state index contributed by atoms with van der Waals surface area (Å²) in [4.78, 5) is 0. The first kappa shape index (κ1) is 16.1. The van der Waals surface area contributed by atoms with Crippen LogP contribution in [0, 0.1) is 0 Å². The average molecular weight is 348 g/mol. The van der Waals surface area contributed by atoms with Crippen LogP contribution in [0.4, 0.5) is 0 Å². The van der Waals surface area contributed by atoms with Crippen LogP contribution in [0.25, 0.3) is 0 Å². The van der Waals surface area contributed by atoms with Gasteiger partial charge in [0.25, 0.3) is 0 Å². The molecule has 0 heterocycles. The first-order valence-corrected chi connectivity index (χ1v) is 8.13. The zero-order valence-electron chi connectivity index (χ0n) is 12.6. The van der Waals surface area contributed by atoms with E-state index < -0.39 is 0 Å². The molecule has 2 aromatic carbocycles. The van der Waals surface area contributed by atoms with E-state index in [1.807, 2.05) is 24.3 Å². The molecule has 0 radical (unpaired) electrons. The van der Waals surface area contributed by atoms with E-state index in [2.05, 4.69) is 59.4 Å². The number of benzene rings is 2. The predicted octanol–water partition coefficient (Wildman–Crippen LogP) is 4.57. The van der Waals surface area contributed by atoms with E-state index >= 15 is 0 Å². The van der Waals surface area contributed by atoms with Crippen LogP contribution in [0.15, 0.2) is 53.0 Å². The second-order valence-electron chi connectivity index (χ2n) is 5.35. The summed E-state index contributed by atoms with van der Waals surface area (Å²) in [6.07, 6.45) is 1.02. The molecule has 2 nitrogen and oxygen atoms in total. The van der Waals surface area contributed by atoms with Gasteiger partial charge in [0.15, 0.2) is 0 Å². The van der Waals surface area contributed by atoms with Gasteiger partial charge in [-0.25, -0.2) is 0 Å². The number of nitrogens with one attached hydrogen (secondary N) is 1. The molecule has 21 heavy (non-hydrogen) atoms. The number of rotatable bonds is 7. The largest absolute Gasteiger partial charge is 0.488 e. The summed E-state index contributed by atoms with van der Waals surface area (Å²) in [5.74, 6) is 0.882. The SMILES string of the molecule is CC(C)NCCc1ccccc1COc1ccccc1Br. The third kappa shape index (κ3) is 5.18. The summed E-state index contributed by atoms with van der Waals surface area (Å²) in [7, 11) is 0. The minimum atomic E-state index is 0.522. The number of para-hydroxylation sites is 1. The van der Waals surface area contributed by atoms with Gasteiger partial charge in [0.05, 0.1) is 4.47 Å². The van der Waals surface area contributed by atoms with Crippen molar-refractivity contribution in [1.82, 2.24) is 5.32 Å². The van der Waals surface area contributed by atoms with E-state index in [1.165, 1.54) is 11.1 Å². The van der Waals surface area contributed by atoms with Gasteiger partial charge in [0.2, 0.25) is 0 Å². The molecule has 0 fully saturated rings. The molecular formula is C18H22BrNO. The Labute approximate surface area is 135 Å². The molecule has 1 N–H and O–H groups in total. The normalized spacial score (nSPS) is 10.9. The van der Waals surface area contributed by atoms with Crippen molar-refractivity contribution in [2.24, 2.45) is 0 Å². The molecular weight excluding hydrogens is 326 g/mol. The van der Waals surface area contributed by atoms with Crippen molar-refractivity contribution >= 4 is 15.9 Å². The maximum absolute atomic E-state index is 5.92. The first-order valence-electron chi connectivity index (χ1n) is 7.34. The number of halogens is 1. The second-order valence-corrected chi connectivity index (χ2v) is 6.20. The summed E-state index contributed by atoms with van der Waals surface area (Å²) in [5.41, 5.74) is 2.59. The van der Waals surface area contributed by atoms with Gasteiger partial charge < -0.3 is 10.1 Å². The third-order valence-electron chi connectivity index (χ3n) is 3.29. The molecule has 0 bridgehead atoms. The van der Waals surface area contributed by atoms with E-state index in [4.69, 9.17) is 4.74 Å². The number of hydrogen-bond acceptors (Lipinski definition) is 2. The van der Waals surface area contributed by atoms with Gasteiger partial charge in [-0.1, -0.05) is 50.2 Å². The van der Waals surface area contributed by atoms with Crippen LogP contribution in [0.5, 0.6) is 5.75 Å². The van der Waals surface area contributed by atoms with Gasteiger partial charge in [-0.15, -0.1) is 0 Å². The summed E-state index contributed by atoms with van der Waals surface area (Å²) >= 11 is 3.51. The second kappa shape index (κ2) is 8.20. The van der Waals surface area contributed by atoms with Crippen molar-refractivity contribution in [3.8, 4) is 5.75 Å². The average Bonchev–Trinajstić information content (AvgIpc) is 2.47. The molecule has 0 aromatic heterocycles. The van der Waals surface area contributed by atoms with Crippen molar-refractivity contribution in [2.45, 2.75) is 32.9 Å². The topological polar surface area (TPSA) is 21.3 Å². The Morgan fingerprint density at radius 1 is 1.00 bits per heavy atom. The Morgan fingerprint density at radius 2 is 1.67 bits per heavy atom. The van der Waals surface area contributed by atoms with Gasteiger partial charge in [-0.2, -0.15) is 0 Å². The summed E-state index contributed by atoms with van der Waals surface area (Å²) in [5, 5.41) is 3.46. The zero-order chi connectivity index (χ0) is 15.1. The lowest BCUT2D eigenvalue weighted by Gasteiger charge is -2.13. The Hall–Kier alpha value is -1.32. The third-order valence-corrected chi connectivity index (χ3v) is 3.94. The summed E-state index contributed by atoms with van der Waals surface area (Å²) < 4.78 is 6.91. The lowest BCUT2D eigenvalue weighted by Crippen LogP contribution is -2.25. The highest BCUT2D eigenvalue weighted by molar-refractivity contribution is 9.10. The number of ether oxygens (including phenoxy) is 1. The molecule has 2 aromatic rings. The lowest BCUT2D eigenvalue weighted by atomic mass is 10.1. The van der Waals surface area contributed by atoms with Crippen LogP contribution in [-0.4, -0.2) is 12.6 Å². The fraction of sp³-hybridized carbons (Fsp3) is 0.333. The Balaban J connectivity index is 1.98. The smallest absolute Gasteiger partial charge is 0.133 e. The zero-order valence-corrected chi connectivity index (χ0v) is 14.2. The van der Waals surface area contributed by atoms with Crippen molar-refractivity contribution < 1.29 is 4.74 Å². The number of hydrogen-bond donors (Lipinski definition) is 1. The molecule has 0 aliphatic heterocycles. The quantitative estimate of drug-likeness (QED) is 0.792. The summed E-state index contributed by atoms with van der Waals surface area (Å²) in [6.45, 7) is 5.92. The van der Waals surface area contributed by atoms with E-state index in [1.54, 1.807) is 0 Å². The van der Waals surface area contributed by atoms with Crippen LogP contribution >= 0.6 is 15.9 Å². The molecule has 0 atom stereocenters. The van der Waals surface area contributed by atoms with Crippen molar-refractivity contribution in [1.29, 1.82) is 0 Å². The van der Waals surface area contributed by atoms with Gasteiger partial charge in [-0.3, -0.25) is 0 Å². The summed E-state index contributed by atoms with van der Waals surface area (Å²) in [6, 6.07) is 16.9. The monoisotopic (exact) mass is 347 g/mol. The molecule has 2 rings (SSSR count).